The normalized spacial score (nSPS) is 20.3. The van der Waals surface area contributed by atoms with Crippen LogP contribution in [0.25, 0.3) is 0 Å². The molecule has 2 atom stereocenters. The van der Waals surface area contributed by atoms with Crippen LogP contribution in [0.3, 0.4) is 0 Å². The summed E-state index contributed by atoms with van der Waals surface area (Å²) in [4.78, 5) is 23.9. The first kappa shape index (κ1) is 19.2. The summed E-state index contributed by atoms with van der Waals surface area (Å²) in [7, 11) is 0. The van der Waals surface area contributed by atoms with E-state index in [0.717, 1.165) is 18.2 Å². The third-order valence-electron chi connectivity index (χ3n) is 3.75. The summed E-state index contributed by atoms with van der Waals surface area (Å²) < 4.78 is 43.5. The highest BCUT2D eigenvalue weighted by molar-refractivity contribution is 5.96. The first-order chi connectivity index (χ1) is 11.8. The second-order valence-corrected chi connectivity index (χ2v) is 5.59. The molecule has 0 saturated carbocycles. The van der Waals surface area contributed by atoms with Crippen LogP contribution < -0.4 is 16.0 Å². The first-order valence-electron chi connectivity index (χ1n) is 7.88. The predicted molar refractivity (Wildman–Crippen MR) is 84.0 cm³/mol. The second-order valence-electron chi connectivity index (χ2n) is 5.59. The molecule has 6 nitrogen and oxygen atoms in total. The number of nitrogens with one attached hydrogen (secondary N) is 3. The third kappa shape index (κ3) is 5.43. The largest absolute Gasteiger partial charge is 0.416 e. The van der Waals surface area contributed by atoms with Crippen molar-refractivity contribution in [2.45, 2.75) is 25.2 Å². The summed E-state index contributed by atoms with van der Waals surface area (Å²) >= 11 is 0. The van der Waals surface area contributed by atoms with Crippen LogP contribution in [-0.4, -0.2) is 50.2 Å². The van der Waals surface area contributed by atoms with Gasteiger partial charge < -0.3 is 20.7 Å². The van der Waals surface area contributed by atoms with Crippen molar-refractivity contribution in [3.8, 4) is 0 Å². The lowest BCUT2D eigenvalue weighted by Gasteiger charge is -2.20. The number of alkyl halides is 3. The maximum atomic E-state index is 12.7. The number of benzene rings is 1. The SMILES string of the molecule is CCOC1CNCC1NC(=O)CNC(=O)c1cccc(C(F)(F)F)c1. The number of hydrogen-bond acceptors (Lipinski definition) is 4. The number of halogens is 3. The van der Waals surface area contributed by atoms with Crippen LogP contribution in [0.2, 0.25) is 0 Å². The molecule has 0 spiro atoms. The molecule has 0 aliphatic carbocycles. The van der Waals surface area contributed by atoms with Crippen LogP contribution in [0.1, 0.15) is 22.8 Å². The molecule has 0 aromatic heterocycles. The highest BCUT2D eigenvalue weighted by Crippen LogP contribution is 2.29. The molecular weight excluding hydrogens is 339 g/mol. The molecule has 2 rings (SSSR count). The maximum absolute atomic E-state index is 12.7. The van der Waals surface area contributed by atoms with Gasteiger partial charge in [0.15, 0.2) is 0 Å². The van der Waals surface area contributed by atoms with Gasteiger partial charge in [-0.3, -0.25) is 9.59 Å². The summed E-state index contributed by atoms with van der Waals surface area (Å²) in [6.45, 7) is 3.22. The smallest absolute Gasteiger partial charge is 0.375 e. The Hall–Kier alpha value is -2.13. The maximum Gasteiger partial charge on any atom is 0.416 e. The number of amides is 2. The fourth-order valence-electron chi connectivity index (χ4n) is 2.55. The lowest BCUT2D eigenvalue weighted by Crippen LogP contribution is -2.47. The van der Waals surface area contributed by atoms with E-state index < -0.39 is 23.6 Å². The molecule has 9 heteroatoms. The molecule has 0 bridgehead atoms. The van der Waals surface area contributed by atoms with Crippen LogP contribution in [0.15, 0.2) is 24.3 Å². The predicted octanol–water partition coefficient (Wildman–Crippen LogP) is 0.928. The first-order valence-corrected chi connectivity index (χ1v) is 7.88. The van der Waals surface area contributed by atoms with Crippen LogP contribution >= 0.6 is 0 Å². The molecule has 1 aliphatic heterocycles. The van der Waals surface area contributed by atoms with Crippen molar-refractivity contribution < 1.29 is 27.5 Å². The zero-order chi connectivity index (χ0) is 18.4. The molecule has 1 saturated heterocycles. The topological polar surface area (TPSA) is 79.5 Å². The van der Waals surface area contributed by atoms with Crippen molar-refractivity contribution in [1.29, 1.82) is 0 Å². The summed E-state index contributed by atoms with van der Waals surface area (Å²) in [5.74, 6) is -1.18. The average molecular weight is 359 g/mol. The van der Waals surface area contributed by atoms with Crippen molar-refractivity contribution in [3.63, 3.8) is 0 Å². The molecule has 138 valence electrons. The van der Waals surface area contributed by atoms with E-state index in [1.54, 1.807) is 0 Å². The molecule has 25 heavy (non-hydrogen) atoms. The van der Waals surface area contributed by atoms with Gasteiger partial charge in [-0.25, -0.2) is 0 Å². The summed E-state index contributed by atoms with van der Waals surface area (Å²) in [6.07, 6.45) is -4.68. The Morgan fingerprint density at radius 3 is 2.76 bits per heavy atom. The van der Waals surface area contributed by atoms with Gasteiger partial charge in [-0.2, -0.15) is 13.2 Å². The molecule has 0 radical (unpaired) electrons. The van der Waals surface area contributed by atoms with Gasteiger partial charge in [0.2, 0.25) is 5.91 Å². The Kier molecular flexibility index (Phi) is 6.38. The van der Waals surface area contributed by atoms with Gasteiger partial charge in [0, 0.05) is 25.3 Å². The van der Waals surface area contributed by atoms with Crippen molar-refractivity contribution in [1.82, 2.24) is 16.0 Å². The fourth-order valence-corrected chi connectivity index (χ4v) is 2.55. The van der Waals surface area contributed by atoms with Crippen LogP contribution in [-0.2, 0) is 15.7 Å². The number of ether oxygens (including phenoxy) is 1. The molecule has 1 aromatic rings. The van der Waals surface area contributed by atoms with Gasteiger partial charge in [0.1, 0.15) is 0 Å². The van der Waals surface area contributed by atoms with Gasteiger partial charge in [-0.15, -0.1) is 0 Å². The highest BCUT2D eigenvalue weighted by Gasteiger charge is 2.31. The molecular formula is C16H20F3N3O3. The van der Waals surface area contributed by atoms with Crippen LogP contribution in [0.5, 0.6) is 0 Å². The van der Waals surface area contributed by atoms with E-state index in [-0.39, 0.29) is 24.3 Å². The fraction of sp³-hybridized carbons (Fsp3) is 0.500. The van der Waals surface area contributed by atoms with Crippen molar-refractivity contribution in [2.24, 2.45) is 0 Å². The van der Waals surface area contributed by atoms with Crippen molar-refractivity contribution >= 4 is 11.8 Å². The zero-order valence-electron chi connectivity index (χ0n) is 13.7. The zero-order valence-corrected chi connectivity index (χ0v) is 13.7. The van der Waals surface area contributed by atoms with Crippen molar-refractivity contribution in [2.75, 3.05) is 26.2 Å². The number of carbonyl (C=O) groups is 2. The Morgan fingerprint density at radius 2 is 2.08 bits per heavy atom. The standard InChI is InChI=1S/C16H20F3N3O3/c1-2-25-13-8-20-7-12(13)22-14(23)9-21-15(24)10-4-3-5-11(6-10)16(17,18)19/h3-6,12-13,20H,2,7-9H2,1H3,(H,21,24)(H,22,23). The van der Waals surface area contributed by atoms with Gasteiger partial charge in [-0.1, -0.05) is 6.07 Å². The molecule has 1 fully saturated rings. The Morgan fingerprint density at radius 1 is 1.32 bits per heavy atom. The minimum absolute atomic E-state index is 0.145. The molecule has 2 amide bonds. The van der Waals surface area contributed by atoms with E-state index in [9.17, 15) is 22.8 Å². The number of carbonyl (C=O) groups excluding carboxylic acids is 2. The third-order valence-corrected chi connectivity index (χ3v) is 3.75. The summed E-state index contributed by atoms with van der Waals surface area (Å²) in [5, 5.41) is 8.14. The van der Waals surface area contributed by atoms with E-state index >= 15 is 0 Å². The minimum Gasteiger partial charge on any atom is -0.375 e. The minimum atomic E-state index is -4.53. The Bertz CT molecular complexity index is 622. The van der Waals surface area contributed by atoms with E-state index in [4.69, 9.17) is 4.74 Å². The van der Waals surface area contributed by atoms with Gasteiger partial charge >= 0.3 is 6.18 Å². The monoisotopic (exact) mass is 359 g/mol. The van der Waals surface area contributed by atoms with Gasteiger partial charge in [0.25, 0.3) is 5.91 Å². The molecule has 1 aliphatic rings. The van der Waals surface area contributed by atoms with Crippen molar-refractivity contribution in [3.05, 3.63) is 35.4 Å². The quantitative estimate of drug-likeness (QED) is 0.706. The lowest BCUT2D eigenvalue weighted by atomic mass is 10.1. The average Bonchev–Trinajstić information content (AvgIpc) is 2.99. The van der Waals surface area contributed by atoms with Crippen LogP contribution in [0, 0.1) is 0 Å². The molecule has 1 heterocycles. The summed E-state index contributed by atoms with van der Waals surface area (Å²) in [5.41, 5.74) is -1.07. The second kappa shape index (κ2) is 8.30. The molecule has 1 aromatic carbocycles. The van der Waals surface area contributed by atoms with E-state index in [2.05, 4.69) is 16.0 Å². The lowest BCUT2D eigenvalue weighted by molar-refractivity contribution is -0.137. The summed E-state index contributed by atoms with van der Waals surface area (Å²) in [6, 6.07) is 3.82. The van der Waals surface area contributed by atoms with Gasteiger partial charge in [-0.05, 0) is 25.1 Å². The highest BCUT2D eigenvalue weighted by atomic mass is 19.4. The Balaban J connectivity index is 1.86. The molecule has 2 unspecified atom stereocenters. The Labute approximate surface area is 143 Å². The van der Waals surface area contributed by atoms with E-state index in [0.29, 0.717) is 19.7 Å². The number of hydrogen-bond donors (Lipinski definition) is 3. The van der Waals surface area contributed by atoms with Crippen LogP contribution in [0.4, 0.5) is 13.2 Å². The molecule has 3 N–H and O–H groups in total. The number of rotatable bonds is 6. The van der Waals surface area contributed by atoms with Gasteiger partial charge in [0.05, 0.1) is 24.3 Å². The van der Waals surface area contributed by atoms with E-state index in [1.165, 1.54) is 6.07 Å². The van der Waals surface area contributed by atoms with E-state index in [1.807, 2.05) is 6.92 Å².